The van der Waals surface area contributed by atoms with Crippen LogP contribution in [0.5, 0.6) is 0 Å². The lowest BCUT2D eigenvalue weighted by atomic mass is 9.78. The summed E-state index contributed by atoms with van der Waals surface area (Å²) in [5, 5.41) is 48.0. The van der Waals surface area contributed by atoms with Crippen LogP contribution in [0.2, 0.25) is 0 Å². The third-order valence-electron chi connectivity index (χ3n) is 9.01. The van der Waals surface area contributed by atoms with Crippen LogP contribution in [0.25, 0.3) is 0 Å². The average Bonchev–Trinajstić information content (AvgIpc) is 3.43. The van der Waals surface area contributed by atoms with Crippen molar-refractivity contribution in [3.8, 4) is 0 Å². The van der Waals surface area contributed by atoms with Gasteiger partial charge in [-0.15, -0.1) is 0 Å². The summed E-state index contributed by atoms with van der Waals surface area (Å²) < 4.78 is 0. The van der Waals surface area contributed by atoms with Crippen molar-refractivity contribution >= 4 is 23.1 Å². The molecule has 0 amide bonds. The zero-order chi connectivity index (χ0) is 34.6. The van der Waals surface area contributed by atoms with Gasteiger partial charge in [-0.25, -0.2) is 0 Å². The Labute approximate surface area is 285 Å². The molecule has 0 aromatic heterocycles. The van der Waals surface area contributed by atoms with Gasteiger partial charge in [-0.3, -0.25) is 19.2 Å². The van der Waals surface area contributed by atoms with E-state index in [4.69, 9.17) is 0 Å². The number of aliphatic hydroxyl groups is 4. The Morgan fingerprint density at radius 1 is 0.426 bits per heavy atom. The van der Waals surface area contributed by atoms with Crippen LogP contribution in [-0.2, 0) is 19.2 Å². The third-order valence-corrected chi connectivity index (χ3v) is 9.01. The molecule has 278 valence electrons. The molecule has 1 unspecified atom stereocenters. The maximum atomic E-state index is 11.6. The molecule has 0 bridgehead atoms. The van der Waals surface area contributed by atoms with E-state index < -0.39 is 22.4 Å². The SMILES string of the molecule is C.C.CC(C)C(=O)C1(O)CCCCC1.CC(C)C(=O)C1(O)CCNC1.CC(C)C(=O)C1(O)CCNCC1.CC(C)C(=O)C1(O)CNC1. The van der Waals surface area contributed by atoms with Gasteiger partial charge in [-0.2, -0.15) is 0 Å². The van der Waals surface area contributed by atoms with Crippen molar-refractivity contribution in [1.82, 2.24) is 16.0 Å². The van der Waals surface area contributed by atoms with Crippen LogP contribution < -0.4 is 16.0 Å². The van der Waals surface area contributed by atoms with Crippen LogP contribution in [0.1, 0.15) is 122 Å². The summed E-state index contributed by atoms with van der Waals surface area (Å²) in [7, 11) is 0. The quantitative estimate of drug-likeness (QED) is 0.201. The Kier molecular flexibility index (Phi) is 21.0. The molecule has 3 saturated heterocycles. The lowest BCUT2D eigenvalue weighted by molar-refractivity contribution is -0.145. The van der Waals surface area contributed by atoms with Crippen molar-refractivity contribution in [3.05, 3.63) is 0 Å². The van der Waals surface area contributed by atoms with E-state index in [2.05, 4.69) is 16.0 Å². The summed E-state index contributed by atoms with van der Waals surface area (Å²) in [5.41, 5.74) is -4.14. The van der Waals surface area contributed by atoms with Gasteiger partial charge in [0.25, 0.3) is 0 Å². The summed E-state index contributed by atoms with van der Waals surface area (Å²) >= 11 is 0. The molecule has 4 rings (SSSR count). The number of piperidine rings is 1. The highest BCUT2D eigenvalue weighted by molar-refractivity contribution is 5.90. The van der Waals surface area contributed by atoms with Gasteiger partial charge in [0.1, 0.15) is 22.4 Å². The lowest BCUT2D eigenvalue weighted by Gasteiger charge is -2.37. The number of Topliss-reactive ketones (excluding diaryl/α,β-unsaturated/α-hetero) is 4. The van der Waals surface area contributed by atoms with Gasteiger partial charge >= 0.3 is 0 Å². The number of β-amino-alcohol motifs (C(OH)–C–C–N with tert-alkyl or cyclic N) is 2. The number of hydrogen-bond donors (Lipinski definition) is 7. The fraction of sp³-hybridized carbons (Fsp3) is 0.889. The van der Waals surface area contributed by atoms with E-state index in [1.807, 2.05) is 41.5 Å². The molecule has 1 saturated carbocycles. The molecule has 4 fully saturated rings. The van der Waals surface area contributed by atoms with Gasteiger partial charge in [-0.05, 0) is 51.7 Å². The number of carbonyl (C=O) groups is 4. The number of rotatable bonds is 8. The second-order valence-electron chi connectivity index (χ2n) is 14.5. The van der Waals surface area contributed by atoms with Crippen molar-refractivity contribution in [2.45, 2.75) is 144 Å². The van der Waals surface area contributed by atoms with Crippen molar-refractivity contribution in [2.75, 3.05) is 39.3 Å². The maximum absolute atomic E-state index is 11.6. The summed E-state index contributed by atoms with van der Waals surface area (Å²) in [6.45, 7) is 18.1. The number of hydrogen-bond acceptors (Lipinski definition) is 11. The first-order valence-corrected chi connectivity index (χ1v) is 16.9. The molecule has 11 heteroatoms. The monoisotopic (exact) mass is 674 g/mol. The number of carbonyl (C=O) groups excluding carboxylic acids is 4. The fourth-order valence-corrected chi connectivity index (χ4v) is 6.04. The molecule has 0 aromatic rings. The van der Waals surface area contributed by atoms with Gasteiger partial charge in [0.05, 0.1) is 0 Å². The van der Waals surface area contributed by atoms with Crippen molar-refractivity contribution < 1.29 is 39.6 Å². The van der Waals surface area contributed by atoms with Crippen molar-refractivity contribution in [1.29, 1.82) is 0 Å². The van der Waals surface area contributed by atoms with Crippen LogP contribution in [0, 0.1) is 23.7 Å². The minimum Gasteiger partial charge on any atom is -0.382 e. The predicted molar refractivity (Wildman–Crippen MR) is 188 cm³/mol. The standard InChI is InChI=1S/C10H18O2.C9H17NO2.C8H15NO2.C7H13NO2.2CH4/c1-8(2)9(11)10(12)6-4-3-5-7-10;1-7(2)8(11)9(12)3-5-10-6-4-9;1-6(2)7(10)8(11)3-4-9-5-8;1-5(2)6(9)7(10)3-8-4-7;;/h8,12H,3-7H2,1-2H3;7,10,12H,3-6H2,1-2H3;6,9,11H,3-5H2,1-2H3;5,8,10H,3-4H2,1-2H3;2*1H4. The maximum Gasteiger partial charge on any atom is 0.169 e. The van der Waals surface area contributed by atoms with E-state index in [1.165, 1.54) is 0 Å². The Balaban J connectivity index is 0. The topological polar surface area (TPSA) is 185 Å². The van der Waals surface area contributed by atoms with Gasteiger partial charge in [0.15, 0.2) is 23.1 Å². The second kappa shape index (κ2) is 20.8. The minimum absolute atomic E-state index is 0. The van der Waals surface area contributed by atoms with Crippen molar-refractivity contribution in [2.24, 2.45) is 23.7 Å². The molecule has 4 aliphatic rings. The molecule has 47 heavy (non-hydrogen) atoms. The normalized spacial score (nSPS) is 23.7. The van der Waals surface area contributed by atoms with E-state index in [9.17, 15) is 39.6 Å². The zero-order valence-corrected chi connectivity index (χ0v) is 29.1. The van der Waals surface area contributed by atoms with E-state index in [0.29, 0.717) is 51.7 Å². The van der Waals surface area contributed by atoms with Crippen molar-refractivity contribution in [3.63, 3.8) is 0 Å². The van der Waals surface area contributed by atoms with E-state index in [-0.39, 0.29) is 61.7 Å². The van der Waals surface area contributed by atoms with E-state index >= 15 is 0 Å². The molecule has 3 heterocycles. The summed E-state index contributed by atoms with van der Waals surface area (Å²) in [6, 6.07) is 0. The molecule has 0 radical (unpaired) electrons. The Bertz CT molecular complexity index is 917. The van der Waals surface area contributed by atoms with Gasteiger partial charge < -0.3 is 36.4 Å². The van der Waals surface area contributed by atoms with Gasteiger partial charge in [0.2, 0.25) is 0 Å². The second-order valence-corrected chi connectivity index (χ2v) is 14.5. The third kappa shape index (κ3) is 14.0. The van der Waals surface area contributed by atoms with Crippen LogP contribution in [0.4, 0.5) is 0 Å². The first kappa shape index (κ1) is 47.5. The molecular formula is C36H71N3O8. The Morgan fingerprint density at radius 2 is 0.723 bits per heavy atom. The number of ketones is 4. The lowest BCUT2D eigenvalue weighted by Crippen LogP contribution is -2.65. The highest BCUT2D eigenvalue weighted by Crippen LogP contribution is 2.30. The molecule has 11 nitrogen and oxygen atoms in total. The molecular weight excluding hydrogens is 602 g/mol. The number of nitrogens with one attached hydrogen (secondary N) is 3. The largest absolute Gasteiger partial charge is 0.382 e. The van der Waals surface area contributed by atoms with E-state index in [1.54, 1.807) is 13.8 Å². The highest BCUT2D eigenvalue weighted by atomic mass is 16.3. The zero-order valence-electron chi connectivity index (χ0n) is 29.1. The molecule has 0 spiro atoms. The summed E-state index contributed by atoms with van der Waals surface area (Å²) in [4.78, 5) is 45.6. The Hall–Kier alpha value is -1.60. The minimum atomic E-state index is -1.08. The fourth-order valence-electron chi connectivity index (χ4n) is 6.04. The Morgan fingerprint density at radius 3 is 1.02 bits per heavy atom. The van der Waals surface area contributed by atoms with Crippen LogP contribution >= 0.6 is 0 Å². The van der Waals surface area contributed by atoms with Crippen LogP contribution in [0.3, 0.4) is 0 Å². The molecule has 0 aromatic carbocycles. The summed E-state index contributed by atoms with van der Waals surface area (Å²) in [6.07, 6.45) is 6.17. The van der Waals surface area contributed by atoms with Crippen LogP contribution in [-0.4, -0.2) is 105 Å². The highest BCUT2D eigenvalue weighted by Gasteiger charge is 2.43. The molecule has 1 atom stereocenters. The smallest absolute Gasteiger partial charge is 0.169 e. The molecule has 3 aliphatic heterocycles. The predicted octanol–water partition coefficient (Wildman–Crippen LogP) is 2.99. The van der Waals surface area contributed by atoms with Crippen LogP contribution in [0.15, 0.2) is 0 Å². The van der Waals surface area contributed by atoms with Gasteiger partial charge in [0, 0.05) is 43.3 Å². The first-order valence-electron chi connectivity index (χ1n) is 16.9. The van der Waals surface area contributed by atoms with E-state index in [0.717, 1.165) is 38.9 Å². The average molecular weight is 674 g/mol. The summed E-state index contributed by atoms with van der Waals surface area (Å²) in [5.74, 6) is -0.298. The van der Waals surface area contributed by atoms with Gasteiger partial charge in [-0.1, -0.05) is 89.5 Å². The first-order chi connectivity index (χ1) is 20.7. The molecule has 7 N–H and O–H groups in total. The molecule has 1 aliphatic carbocycles.